The van der Waals surface area contributed by atoms with E-state index in [4.69, 9.17) is 0 Å². The maximum atomic E-state index is 12.1. The predicted molar refractivity (Wildman–Crippen MR) is 102 cm³/mol. The molecule has 0 spiro atoms. The van der Waals surface area contributed by atoms with E-state index in [1.54, 1.807) is 22.7 Å². The second-order valence-corrected chi connectivity index (χ2v) is 7.39. The molecule has 3 rings (SSSR count). The van der Waals surface area contributed by atoms with E-state index >= 15 is 0 Å². The van der Waals surface area contributed by atoms with E-state index in [-0.39, 0.29) is 6.03 Å². The normalized spacial score (nSPS) is 10.6. The topological polar surface area (TPSA) is 54.0 Å². The van der Waals surface area contributed by atoms with E-state index in [0.717, 1.165) is 32.6 Å². The summed E-state index contributed by atoms with van der Waals surface area (Å²) in [5.74, 6) is 0. The molecule has 0 aliphatic carbocycles. The number of anilines is 1. The van der Waals surface area contributed by atoms with Crippen LogP contribution >= 0.6 is 22.7 Å². The van der Waals surface area contributed by atoms with Crippen LogP contribution in [0.3, 0.4) is 0 Å². The largest absolute Gasteiger partial charge is 0.333 e. The molecule has 2 aromatic heterocycles. The molecule has 2 amide bonds. The Bertz CT molecular complexity index is 807. The van der Waals surface area contributed by atoms with Gasteiger partial charge in [-0.15, -0.1) is 22.7 Å². The number of thiophene rings is 1. The Morgan fingerprint density at radius 3 is 2.67 bits per heavy atom. The molecule has 3 aromatic rings. The van der Waals surface area contributed by atoms with Gasteiger partial charge in [0.2, 0.25) is 0 Å². The lowest BCUT2D eigenvalue weighted by Crippen LogP contribution is -2.28. The number of rotatable bonds is 5. The van der Waals surface area contributed by atoms with Gasteiger partial charge in [0, 0.05) is 10.6 Å². The molecule has 0 saturated heterocycles. The molecule has 2 N–H and O–H groups in total. The maximum Gasteiger partial charge on any atom is 0.319 e. The zero-order valence-electron chi connectivity index (χ0n) is 13.6. The van der Waals surface area contributed by atoms with Crippen molar-refractivity contribution in [2.75, 3.05) is 5.32 Å². The number of hydrogen-bond acceptors (Lipinski definition) is 4. The standard InChI is InChI=1S/C18H19N3OS2/c1-3-13-6-8-14(9-7-13)21-18(22)19-11-16-12(2)20-17(24-16)15-5-4-10-23-15/h4-10H,3,11H2,1-2H3,(H2,19,21,22). The van der Waals surface area contributed by atoms with Crippen molar-refractivity contribution >= 4 is 34.4 Å². The summed E-state index contributed by atoms with van der Waals surface area (Å²) >= 11 is 3.30. The van der Waals surface area contributed by atoms with Crippen molar-refractivity contribution in [2.45, 2.75) is 26.8 Å². The number of aryl methyl sites for hydroxylation is 2. The van der Waals surface area contributed by atoms with Gasteiger partial charge in [0.15, 0.2) is 0 Å². The maximum absolute atomic E-state index is 12.1. The number of benzene rings is 1. The van der Waals surface area contributed by atoms with Crippen LogP contribution < -0.4 is 10.6 Å². The van der Waals surface area contributed by atoms with Crippen LogP contribution in [0.5, 0.6) is 0 Å². The molecule has 0 radical (unpaired) electrons. The van der Waals surface area contributed by atoms with Crippen molar-refractivity contribution in [1.82, 2.24) is 10.3 Å². The van der Waals surface area contributed by atoms with Crippen LogP contribution in [-0.4, -0.2) is 11.0 Å². The first-order valence-electron chi connectivity index (χ1n) is 7.79. The Kier molecular flexibility index (Phi) is 5.27. The summed E-state index contributed by atoms with van der Waals surface area (Å²) in [5.41, 5.74) is 3.02. The lowest BCUT2D eigenvalue weighted by atomic mass is 10.1. The smallest absolute Gasteiger partial charge is 0.319 e. The minimum atomic E-state index is -0.204. The molecule has 0 fully saturated rings. The van der Waals surface area contributed by atoms with Crippen molar-refractivity contribution < 1.29 is 4.79 Å². The van der Waals surface area contributed by atoms with Crippen LogP contribution in [0.25, 0.3) is 9.88 Å². The molecule has 0 atom stereocenters. The molecule has 124 valence electrons. The van der Waals surface area contributed by atoms with Crippen molar-refractivity contribution in [3.05, 3.63) is 57.9 Å². The Morgan fingerprint density at radius 1 is 1.21 bits per heavy atom. The molecule has 0 bridgehead atoms. The first-order valence-corrected chi connectivity index (χ1v) is 9.49. The second kappa shape index (κ2) is 7.59. The molecule has 4 nitrogen and oxygen atoms in total. The number of urea groups is 1. The van der Waals surface area contributed by atoms with Crippen LogP contribution in [0.4, 0.5) is 10.5 Å². The van der Waals surface area contributed by atoms with Crippen LogP contribution in [0, 0.1) is 6.92 Å². The van der Waals surface area contributed by atoms with Gasteiger partial charge in [0.25, 0.3) is 0 Å². The number of thiazole rings is 1. The molecular weight excluding hydrogens is 338 g/mol. The Labute approximate surface area is 149 Å². The third-order valence-corrected chi connectivity index (χ3v) is 5.85. The fourth-order valence-corrected chi connectivity index (χ4v) is 4.06. The lowest BCUT2D eigenvalue weighted by Gasteiger charge is -2.07. The number of nitrogens with zero attached hydrogens (tertiary/aromatic N) is 1. The zero-order chi connectivity index (χ0) is 16.9. The first kappa shape index (κ1) is 16.7. The fraction of sp³-hybridized carbons (Fsp3) is 0.222. The monoisotopic (exact) mass is 357 g/mol. The fourth-order valence-electron chi connectivity index (χ4n) is 2.26. The van der Waals surface area contributed by atoms with E-state index in [2.05, 4.69) is 28.6 Å². The number of nitrogens with one attached hydrogen (secondary N) is 2. The van der Waals surface area contributed by atoms with E-state index in [1.807, 2.05) is 42.6 Å². The highest BCUT2D eigenvalue weighted by Gasteiger charge is 2.11. The minimum absolute atomic E-state index is 0.204. The van der Waals surface area contributed by atoms with Gasteiger partial charge in [0.05, 0.1) is 17.1 Å². The lowest BCUT2D eigenvalue weighted by molar-refractivity contribution is 0.252. The van der Waals surface area contributed by atoms with Gasteiger partial charge in [0.1, 0.15) is 5.01 Å². The quantitative estimate of drug-likeness (QED) is 0.670. The minimum Gasteiger partial charge on any atom is -0.333 e. The Balaban J connectivity index is 1.58. The van der Waals surface area contributed by atoms with E-state index in [1.165, 1.54) is 5.56 Å². The van der Waals surface area contributed by atoms with Gasteiger partial charge in [-0.1, -0.05) is 25.1 Å². The third-order valence-electron chi connectivity index (χ3n) is 3.65. The van der Waals surface area contributed by atoms with Gasteiger partial charge in [-0.3, -0.25) is 0 Å². The summed E-state index contributed by atoms with van der Waals surface area (Å²) in [6.07, 6.45) is 0.990. The highest BCUT2D eigenvalue weighted by atomic mass is 32.1. The van der Waals surface area contributed by atoms with Crippen LogP contribution in [-0.2, 0) is 13.0 Å². The highest BCUT2D eigenvalue weighted by molar-refractivity contribution is 7.21. The molecule has 0 aliphatic rings. The molecule has 24 heavy (non-hydrogen) atoms. The molecule has 0 unspecified atom stereocenters. The third kappa shape index (κ3) is 4.01. The average Bonchev–Trinajstić information content (AvgIpc) is 3.23. The summed E-state index contributed by atoms with van der Waals surface area (Å²) in [5, 5.41) is 8.80. The van der Waals surface area contributed by atoms with Gasteiger partial charge in [-0.05, 0) is 42.5 Å². The Hall–Kier alpha value is -2.18. The van der Waals surface area contributed by atoms with Crippen LogP contribution in [0.15, 0.2) is 41.8 Å². The predicted octanol–water partition coefficient (Wildman–Crippen LogP) is 5.06. The molecule has 2 heterocycles. The van der Waals surface area contributed by atoms with Crippen molar-refractivity contribution in [3.8, 4) is 9.88 Å². The molecule has 0 aliphatic heterocycles. The first-order chi connectivity index (χ1) is 11.7. The summed E-state index contributed by atoms with van der Waals surface area (Å²) in [6, 6.07) is 11.8. The van der Waals surface area contributed by atoms with E-state index in [0.29, 0.717) is 6.54 Å². The number of carbonyl (C=O) groups excluding carboxylic acids is 1. The van der Waals surface area contributed by atoms with Crippen LogP contribution in [0.1, 0.15) is 23.1 Å². The van der Waals surface area contributed by atoms with Gasteiger partial charge >= 0.3 is 6.03 Å². The number of hydrogen-bond donors (Lipinski definition) is 2. The Morgan fingerprint density at radius 2 is 2.00 bits per heavy atom. The number of aromatic nitrogens is 1. The molecule has 6 heteroatoms. The van der Waals surface area contributed by atoms with Crippen LogP contribution in [0.2, 0.25) is 0 Å². The number of carbonyl (C=O) groups is 1. The SMILES string of the molecule is CCc1ccc(NC(=O)NCc2sc(-c3cccs3)nc2C)cc1. The van der Waals surface area contributed by atoms with E-state index in [9.17, 15) is 4.79 Å². The summed E-state index contributed by atoms with van der Waals surface area (Å²) in [4.78, 5) is 18.9. The zero-order valence-corrected chi connectivity index (χ0v) is 15.3. The molecular formula is C18H19N3OS2. The van der Waals surface area contributed by atoms with Crippen molar-refractivity contribution in [1.29, 1.82) is 0 Å². The summed E-state index contributed by atoms with van der Waals surface area (Å²) < 4.78 is 0. The van der Waals surface area contributed by atoms with Crippen molar-refractivity contribution in [3.63, 3.8) is 0 Å². The molecule has 0 saturated carbocycles. The van der Waals surface area contributed by atoms with Gasteiger partial charge in [-0.2, -0.15) is 0 Å². The van der Waals surface area contributed by atoms with Crippen molar-refractivity contribution in [2.24, 2.45) is 0 Å². The number of amides is 2. The average molecular weight is 358 g/mol. The van der Waals surface area contributed by atoms with Gasteiger partial charge in [-0.25, -0.2) is 9.78 Å². The highest BCUT2D eigenvalue weighted by Crippen LogP contribution is 2.30. The van der Waals surface area contributed by atoms with Gasteiger partial charge < -0.3 is 10.6 Å². The molecule has 1 aromatic carbocycles. The summed E-state index contributed by atoms with van der Waals surface area (Å²) in [7, 11) is 0. The van der Waals surface area contributed by atoms with E-state index < -0.39 is 0 Å². The second-order valence-electron chi connectivity index (χ2n) is 5.36. The summed E-state index contributed by atoms with van der Waals surface area (Å²) in [6.45, 7) is 4.57.